The van der Waals surface area contributed by atoms with Crippen LogP contribution in [0.3, 0.4) is 0 Å². The van der Waals surface area contributed by atoms with Gasteiger partial charge < -0.3 is 24.6 Å². The van der Waals surface area contributed by atoms with Crippen LogP contribution in [0.2, 0.25) is 0 Å². The lowest BCUT2D eigenvalue weighted by Gasteiger charge is -2.35. The topological polar surface area (TPSA) is 157 Å². The minimum atomic E-state index is -3.30. The highest BCUT2D eigenvalue weighted by molar-refractivity contribution is 7.89. The number of esters is 2. The summed E-state index contributed by atoms with van der Waals surface area (Å²) >= 11 is 0. The van der Waals surface area contributed by atoms with Crippen molar-refractivity contribution in [3.8, 4) is 11.8 Å². The number of sulfonamides is 1. The zero-order chi connectivity index (χ0) is 39.0. The van der Waals surface area contributed by atoms with Crippen LogP contribution in [0.5, 0.6) is 0 Å². The molecule has 52 heavy (non-hydrogen) atoms. The zero-order valence-corrected chi connectivity index (χ0v) is 33.6. The number of aliphatic hydroxyl groups is 1. The molecular formula is C40H66N2O9S. The lowest BCUT2D eigenvalue weighted by Crippen LogP contribution is -2.55. The number of carbonyl (C=O) groups is 3. The smallest absolute Gasteiger partial charge is 0.339 e. The molecule has 0 saturated carbocycles. The van der Waals surface area contributed by atoms with Crippen molar-refractivity contribution < 1.29 is 42.1 Å². The van der Waals surface area contributed by atoms with Gasteiger partial charge in [0.05, 0.1) is 24.9 Å². The number of hydrogen-bond donors (Lipinski definition) is 3. The third kappa shape index (κ3) is 19.2. The van der Waals surface area contributed by atoms with Gasteiger partial charge in [-0.3, -0.25) is 4.79 Å². The fraction of sp³-hybridized carbons (Fsp3) is 0.725. The molecule has 1 amide bonds. The maximum Gasteiger partial charge on any atom is 0.339 e. The Bertz CT molecular complexity index is 1350. The minimum absolute atomic E-state index is 0.0518. The van der Waals surface area contributed by atoms with Gasteiger partial charge in [0, 0.05) is 13.0 Å². The maximum atomic E-state index is 14.0. The maximum absolute atomic E-state index is 14.0. The van der Waals surface area contributed by atoms with E-state index in [0.29, 0.717) is 51.7 Å². The van der Waals surface area contributed by atoms with Crippen molar-refractivity contribution in [3.63, 3.8) is 0 Å². The second-order valence-corrected chi connectivity index (χ2v) is 16.3. The zero-order valence-electron chi connectivity index (χ0n) is 32.8. The van der Waals surface area contributed by atoms with Gasteiger partial charge in [0.25, 0.3) is 0 Å². The predicted octanol–water partition coefficient (Wildman–Crippen LogP) is 6.21. The summed E-state index contributed by atoms with van der Waals surface area (Å²) in [6, 6.07) is -1.08. The van der Waals surface area contributed by atoms with Gasteiger partial charge in [-0.2, -0.15) is 0 Å². The molecule has 0 saturated heterocycles. The van der Waals surface area contributed by atoms with Gasteiger partial charge in [0.15, 0.2) is 5.60 Å². The first-order chi connectivity index (χ1) is 24.6. The number of carbonyl (C=O) groups excluding carboxylic acids is 3. The first-order valence-electron chi connectivity index (χ1n) is 19.0. The second kappa shape index (κ2) is 25.1. The number of hydrogen-bond acceptors (Lipinski definition) is 9. The van der Waals surface area contributed by atoms with E-state index in [1.54, 1.807) is 40.7 Å². The SMILES string of the molecule is CC#CCOC1C=CC(C[C@H](NC(=O)[C@@H](/C=C/CCCCCNS(=O)(=O)CCCCCCCC)[C@@](O)(CCC)C(=O)OC(C)(C)C)C(=O)OC)=CC1. The van der Waals surface area contributed by atoms with Crippen molar-refractivity contribution in [2.45, 2.75) is 155 Å². The molecular weight excluding hydrogens is 685 g/mol. The first kappa shape index (κ1) is 47.0. The van der Waals surface area contributed by atoms with E-state index in [1.807, 2.05) is 18.2 Å². The van der Waals surface area contributed by atoms with Crippen LogP contribution < -0.4 is 10.0 Å². The van der Waals surface area contributed by atoms with Crippen LogP contribution in [-0.2, 0) is 38.6 Å². The summed E-state index contributed by atoms with van der Waals surface area (Å²) in [5.41, 5.74) is -2.32. The van der Waals surface area contributed by atoms with Crippen molar-refractivity contribution in [1.29, 1.82) is 0 Å². The molecule has 1 aliphatic rings. The third-order valence-electron chi connectivity index (χ3n) is 8.57. The van der Waals surface area contributed by atoms with E-state index in [0.717, 1.165) is 37.7 Å². The molecule has 4 atom stereocenters. The molecule has 0 aromatic carbocycles. The third-order valence-corrected chi connectivity index (χ3v) is 10.0. The van der Waals surface area contributed by atoms with E-state index in [9.17, 15) is 27.9 Å². The number of unbranched alkanes of at least 4 members (excludes halogenated alkanes) is 8. The van der Waals surface area contributed by atoms with Crippen LogP contribution in [0, 0.1) is 17.8 Å². The minimum Gasteiger partial charge on any atom is -0.467 e. The summed E-state index contributed by atoms with van der Waals surface area (Å²) in [7, 11) is -2.07. The van der Waals surface area contributed by atoms with Crippen molar-refractivity contribution in [3.05, 3.63) is 36.0 Å². The van der Waals surface area contributed by atoms with Gasteiger partial charge in [-0.15, -0.1) is 5.92 Å². The molecule has 0 bridgehead atoms. The molecule has 12 heteroatoms. The summed E-state index contributed by atoms with van der Waals surface area (Å²) in [6.07, 6.45) is 18.5. The Morgan fingerprint density at radius 2 is 1.73 bits per heavy atom. The number of amides is 1. The highest BCUT2D eigenvalue weighted by Gasteiger charge is 2.49. The van der Waals surface area contributed by atoms with Crippen LogP contribution in [0.1, 0.15) is 131 Å². The highest BCUT2D eigenvalue weighted by atomic mass is 32.2. The first-order valence-corrected chi connectivity index (χ1v) is 20.6. The molecule has 1 unspecified atom stereocenters. The summed E-state index contributed by atoms with van der Waals surface area (Å²) in [6.45, 7) is 11.4. The Balaban J connectivity index is 2.99. The van der Waals surface area contributed by atoms with Gasteiger partial charge in [-0.1, -0.05) is 95.1 Å². The van der Waals surface area contributed by atoms with Crippen LogP contribution >= 0.6 is 0 Å². The van der Waals surface area contributed by atoms with Crippen molar-refractivity contribution in [2.24, 2.45) is 5.92 Å². The fourth-order valence-electron chi connectivity index (χ4n) is 5.74. The molecule has 0 aliphatic heterocycles. The second-order valence-electron chi connectivity index (χ2n) is 14.4. The molecule has 0 spiro atoms. The molecule has 0 aromatic rings. The quantitative estimate of drug-likeness (QED) is 0.0405. The van der Waals surface area contributed by atoms with Crippen LogP contribution in [0.15, 0.2) is 36.0 Å². The van der Waals surface area contributed by atoms with E-state index in [1.165, 1.54) is 19.6 Å². The van der Waals surface area contributed by atoms with Gasteiger partial charge in [-0.05, 0) is 71.8 Å². The average molecular weight is 751 g/mol. The number of allylic oxidation sites excluding steroid dienone is 2. The molecule has 296 valence electrons. The molecule has 0 aromatic heterocycles. The predicted molar refractivity (Wildman–Crippen MR) is 206 cm³/mol. The van der Waals surface area contributed by atoms with Crippen molar-refractivity contribution >= 4 is 27.9 Å². The average Bonchev–Trinajstić information content (AvgIpc) is 3.08. The van der Waals surface area contributed by atoms with E-state index in [2.05, 4.69) is 28.8 Å². The Morgan fingerprint density at radius 1 is 1.04 bits per heavy atom. The lowest BCUT2D eigenvalue weighted by atomic mass is 9.81. The molecule has 0 radical (unpaired) electrons. The monoisotopic (exact) mass is 750 g/mol. The molecule has 0 fully saturated rings. The Hall–Kier alpha value is -2.98. The highest BCUT2D eigenvalue weighted by Crippen LogP contribution is 2.30. The van der Waals surface area contributed by atoms with Crippen molar-refractivity contribution in [2.75, 3.05) is 26.0 Å². The van der Waals surface area contributed by atoms with Crippen molar-refractivity contribution in [1.82, 2.24) is 10.0 Å². The summed E-state index contributed by atoms with van der Waals surface area (Å²) in [5, 5.41) is 14.6. The molecule has 1 aliphatic carbocycles. The van der Waals surface area contributed by atoms with E-state index < -0.39 is 51.0 Å². The summed E-state index contributed by atoms with van der Waals surface area (Å²) < 4.78 is 43.6. The molecule has 11 nitrogen and oxygen atoms in total. The summed E-state index contributed by atoms with van der Waals surface area (Å²) in [5.74, 6) is 2.12. The number of methoxy groups -OCH3 is 1. The fourth-order valence-corrected chi connectivity index (χ4v) is 6.92. The summed E-state index contributed by atoms with van der Waals surface area (Å²) in [4.78, 5) is 40.3. The standard InChI is InChI=1S/C40H66N2O9S/c1-8-11-13-14-18-21-30-52(47,48)41-28-20-17-15-16-19-22-34(40(46,27-10-3)38(45)51-39(4,5)6)36(43)42-35(37(44)49-7)31-32-23-25-33(26-24-32)50-29-12-9-2/h19,22-25,33-35,41,46H,8,10-11,13-18,20-21,26-31H2,1-7H3,(H,42,43)/b22-19+/t33?,34-,35+,40+/m1/s1. The molecule has 1 rings (SSSR count). The Kier molecular flexibility index (Phi) is 22.7. The normalized spacial score (nSPS) is 17.0. The Labute approximate surface area is 313 Å². The van der Waals surface area contributed by atoms with Crippen LogP contribution in [-0.4, -0.2) is 80.7 Å². The van der Waals surface area contributed by atoms with Gasteiger partial charge in [-0.25, -0.2) is 22.7 Å². The molecule has 3 N–H and O–H groups in total. The number of rotatable bonds is 26. The number of nitrogens with one attached hydrogen (secondary N) is 2. The van der Waals surface area contributed by atoms with Crippen LogP contribution in [0.4, 0.5) is 0 Å². The number of ether oxygens (including phenoxy) is 3. The largest absolute Gasteiger partial charge is 0.467 e. The van der Waals surface area contributed by atoms with Gasteiger partial charge in [0.2, 0.25) is 15.9 Å². The van der Waals surface area contributed by atoms with Gasteiger partial charge in [0.1, 0.15) is 18.2 Å². The molecule has 0 heterocycles. The Morgan fingerprint density at radius 3 is 2.35 bits per heavy atom. The lowest BCUT2D eigenvalue weighted by molar-refractivity contribution is -0.184. The van der Waals surface area contributed by atoms with E-state index in [4.69, 9.17) is 14.2 Å². The van der Waals surface area contributed by atoms with Crippen LogP contribution in [0.25, 0.3) is 0 Å². The van der Waals surface area contributed by atoms with E-state index >= 15 is 0 Å². The van der Waals surface area contributed by atoms with Gasteiger partial charge >= 0.3 is 11.9 Å². The van der Waals surface area contributed by atoms with E-state index in [-0.39, 0.29) is 24.7 Å².